The number of fused-ring (bicyclic) bond motifs is 1. The Morgan fingerprint density at radius 2 is 2.07 bits per heavy atom. The van der Waals surface area contributed by atoms with Crippen molar-refractivity contribution in [3.63, 3.8) is 0 Å². The molecule has 2 N–H and O–H groups in total. The van der Waals surface area contributed by atoms with Gasteiger partial charge in [0.1, 0.15) is 0 Å². The molecule has 3 aromatic rings. The molecule has 4 rings (SSSR count). The molecule has 27 heavy (non-hydrogen) atoms. The number of thioether (sulfide) groups is 1. The van der Waals surface area contributed by atoms with Crippen LogP contribution in [-0.4, -0.2) is 47.5 Å². The highest BCUT2D eigenvalue weighted by atomic mass is 32.2. The summed E-state index contributed by atoms with van der Waals surface area (Å²) >= 11 is 1.63. The number of hydrogen-bond donors (Lipinski definition) is 2. The minimum absolute atomic E-state index is 0.148. The number of H-pyrrole nitrogens is 1. The predicted octanol–water partition coefficient (Wildman–Crippen LogP) is 3.54. The molecule has 1 aromatic heterocycles. The molecule has 1 aliphatic heterocycles. The van der Waals surface area contributed by atoms with Crippen molar-refractivity contribution >= 4 is 28.7 Å². The van der Waals surface area contributed by atoms with Gasteiger partial charge in [0.15, 0.2) is 5.16 Å². The molecule has 140 valence electrons. The number of carbonyl (C=O) groups excluding carboxylic acids is 1. The lowest BCUT2D eigenvalue weighted by Gasteiger charge is -2.18. The van der Waals surface area contributed by atoms with E-state index < -0.39 is 0 Å². The molecule has 6 heteroatoms. The van der Waals surface area contributed by atoms with Gasteiger partial charge in [0.2, 0.25) is 0 Å². The van der Waals surface area contributed by atoms with Crippen LogP contribution in [0.4, 0.5) is 0 Å². The number of imidazole rings is 1. The Bertz CT molecular complexity index is 906. The molecule has 5 nitrogen and oxygen atoms in total. The Morgan fingerprint density at radius 1 is 1.26 bits per heavy atom. The molecule has 0 aliphatic carbocycles. The Hall–Kier alpha value is -2.31. The van der Waals surface area contributed by atoms with Gasteiger partial charge in [-0.05, 0) is 49.7 Å². The highest BCUT2D eigenvalue weighted by Crippen LogP contribution is 2.26. The fraction of sp³-hybridized carbons (Fsp3) is 0.333. The summed E-state index contributed by atoms with van der Waals surface area (Å²) in [7, 11) is 1.97. The zero-order chi connectivity index (χ0) is 18.6. The fourth-order valence-electron chi connectivity index (χ4n) is 3.64. The Labute approximate surface area is 163 Å². The van der Waals surface area contributed by atoms with E-state index in [0.717, 1.165) is 59.1 Å². The van der Waals surface area contributed by atoms with Crippen molar-refractivity contribution in [2.75, 3.05) is 26.7 Å². The molecule has 0 saturated carbocycles. The van der Waals surface area contributed by atoms with E-state index in [4.69, 9.17) is 0 Å². The number of benzene rings is 2. The summed E-state index contributed by atoms with van der Waals surface area (Å²) in [6, 6.07) is 16.0. The van der Waals surface area contributed by atoms with Crippen LogP contribution in [0.1, 0.15) is 22.3 Å². The van der Waals surface area contributed by atoms with Crippen molar-refractivity contribution in [1.29, 1.82) is 0 Å². The number of nitrogens with zero attached hydrogens (tertiary/aromatic N) is 2. The Balaban J connectivity index is 1.47. The van der Waals surface area contributed by atoms with E-state index in [-0.39, 0.29) is 5.91 Å². The first-order chi connectivity index (χ1) is 13.2. The average Bonchev–Trinajstić information content (AvgIpc) is 3.33. The molecule has 1 unspecified atom stereocenters. The number of hydrogen-bond acceptors (Lipinski definition) is 4. The van der Waals surface area contributed by atoms with Gasteiger partial charge >= 0.3 is 0 Å². The first kappa shape index (κ1) is 18.1. The van der Waals surface area contributed by atoms with Gasteiger partial charge < -0.3 is 15.2 Å². The maximum absolute atomic E-state index is 13.0. The number of carbonyl (C=O) groups is 1. The van der Waals surface area contributed by atoms with Crippen LogP contribution in [0, 0.1) is 5.92 Å². The number of aromatic nitrogens is 2. The fourth-order valence-corrected chi connectivity index (χ4v) is 4.53. The second-order valence-corrected chi connectivity index (χ2v) is 7.93. The highest BCUT2D eigenvalue weighted by molar-refractivity contribution is 7.98. The van der Waals surface area contributed by atoms with Crippen LogP contribution >= 0.6 is 11.8 Å². The molecule has 1 amide bonds. The molecule has 1 atom stereocenters. The Morgan fingerprint density at radius 3 is 2.93 bits per heavy atom. The van der Waals surface area contributed by atoms with Gasteiger partial charge in [0.25, 0.3) is 5.91 Å². The molecule has 1 fully saturated rings. The van der Waals surface area contributed by atoms with E-state index in [1.54, 1.807) is 11.8 Å². The second kappa shape index (κ2) is 8.15. The molecule has 1 saturated heterocycles. The summed E-state index contributed by atoms with van der Waals surface area (Å²) in [6.45, 7) is 2.65. The first-order valence-electron chi connectivity index (χ1n) is 9.34. The van der Waals surface area contributed by atoms with Crippen LogP contribution in [0.25, 0.3) is 11.0 Å². The SMILES string of the molecule is CNCC1CCN(C(=O)c2ccccc2CSc2nc3ccccc3[nH]2)C1. The van der Waals surface area contributed by atoms with Crippen LogP contribution in [-0.2, 0) is 5.75 Å². The lowest BCUT2D eigenvalue weighted by atomic mass is 10.1. The van der Waals surface area contributed by atoms with Crippen molar-refractivity contribution < 1.29 is 4.79 Å². The normalized spacial score (nSPS) is 16.9. The summed E-state index contributed by atoms with van der Waals surface area (Å²) < 4.78 is 0. The number of amides is 1. The number of rotatable bonds is 6. The predicted molar refractivity (Wildman–Crippen MR) is 110 cm³/mol. The third-order valence-corrected chi connectivity index (χ3v) is 5.97. The van der Waals surface area contributed by atoms with Gasteiger partial charge in [-0.3, -0.25) is 4.79 Å². The highest BCUT2D eigenvalue weighted by Gasteiger charge is 2.27. The molecule has 2 aromatic carbocycles. The lowest BCUT2D eigenvalue weighted by molar-refractivity contribution is 0.0786. The maximum Gasteiger partial charge on any atom is 0.254 e. The van der Waals surface area contributed by atoms with E-state index in [1.165, 1.54) is 0 Å². The number of nitrogens with one attached hydrogen (secondary N) is 2. The molecule has 0 spiro atoms. The van der Waals surface area contributed by atoms with Crippen LogP contribution in [0.2, 0.25) is 0 Å². The summed E-state index contributed by atoms with van der Waals surface area (Å²) in [6.07, 6.45) is 1.07. The number of aromatic amines is 1. The van der Waals surface area contributed by atoms with Crippen molar-refractivity contribution in [1.82, 2.24) is 20.2 Å². The van der Waals surface area contributed by atoms with Crippen LogP contribution in [0.5, 0.6) is 0 Å². The van der Waals surface area contributed by atoms with Gasteiger partial charge in [0.05, 0.1) is 11.0 Å². The second-order valence-electron chi connectivity index (χ2n) is 6.97. The largest absolute Gasteiger partial charge is 0.338 e. The van der Waals surface area contributed by atoms with Crippen molar-refractivity contribution in [3.05, 3.63) is 59.7 Å². The molecular formula is C21H24N4OS. The van der Waals surface area contributed by atoms with Crippen LogP contribution in [0.15, 0.2) is 53.7 Å². The van der Waals surface area contributed by atoms with Crippen molar-refractivity contribution in [2.24, 2.45) is 5.92 Å². The number of likely N-dealkylation sites (tertiary alicyclic amines) is 1. The van der Waals surface area contributed by atoms with Crippen LogP contribution in [0.3, 0.4) is 0 Å². The minimum atomic E-state index is 0.148. The lowest BCUT2D eigenvalue weighted by Crippen LogP contribution is -2.31. The molecule has 0 bridgehead atoms. The minimum Gasteiger partial charge on any atom is -0.338 e. The van der Waals surface area contributed by atoms with Gasteiger partial charge in [-0.1, -0.05) is 42.1 Å². The molecular weight excluding hydrogens is 356 g/mol. The molecule has 2 heterocycles. The number of para-hydroxylation sites is 2. The zero-order valence-electron chi connectivity index (χ0n) is 15.4. The van der Waals surface area contributed by atoms with Crippen molar-refractivity contribution in [2.45, 2.75) is 17.3 Å². The molecule has 0 radical (unpaired) electrons. The van der Waals surface area contributed by atoms with E-state index >= 15 is 0 Å². The van der Waals surface area contributed by atoms with Gasteiger partial charge in [-0.25, -0.2) is 4.98 Å². The smallest absolute Gasteiger partial charge is 0.254 e. The Kier molecular flexibility index (Phi) is 5.45. The van der Waals surface area contributed by atoms with Gasteiger partial charge in [0, 0.05) is 24.4 Å². The van der Waals surface area contributed by atoms with E-state index in [0.29, 0.717) is 5.92 Å². The summed E-state index contributed by atoms with van der Waals surface area (Å²) in [5.74, 6) is 1.42. The third kappa shape index (κ3) is 4.01. The topological polar surface area (TPSA) is 61.0 Å². The molecule has 1 aliphatic rings. The van der Waals surface area contributed by atoms with Gasteiger partial charge in [-0.15, -0.1) is 0 Å². The van der Waals surface area contributed by atoms with Gasteiger partial charge in [-0.2, -0.15) is 0 Å². The van der Waals surface area contributed by atoms with Crippen LogP contribution < -0.4 is 5.32 Å². The van der Waals surface area contributed by atoms with Crippen molar-refractivity contribution in [3.8, 4) is 0 Å². The summed E-state index contributed by atoms with van der Waals surface area (Å²) in [4.78, 5) is 23.0. The monoisotopic (exact) mass is 380 g/mol. The van der Waals surface area contributed by atoms with E-state index in [2.05, 4.69) is 15.3 Å². The maximum atomic E-state index is 13.0. The first-order valence-corrected chi connectivity index (χ1v) is 10.3. The van der Waals surface area contributed by atoms with E-state index in [9.17, 15) is 4.79 Å². The standard InChI is InChI=1S/C21H24N4OS/c1-22-12-15-10-11-25(13-15)20(26)17-7-3-2-6-16(17)14-27-21-23-18-8-4-5-9-19(18)24-21/h2-9,15,22H,10-14H2,1H3,(H,23,24). The zero-order valence-corrected chi connectivity index (χ0v) is 16.3. The quantitative estimate of drug-likeness (QED) is 0.642. The summed E-state index contributed by atoms with van der Waals surface area (Å²) in [5.41, 5.74) is 3.88. The third-order valence-electron chi connectivity index (χ3n) is 5.05. The summed E-state index contributed by atoms with van der Waals surface area (Å²) in [5, 5.41) is 4.10. The average molecular weight is 381 g/mol. The van der Waals surface area contributed by atoms with E-state index in [1.807, 2.05) is 60.5 Å².